The first kappa shape index (κ1) is 15.5. The summed E-state index contributed by atoms with van der Waals surface area (Å²) in [6.07, 6.45) is 2.79. The molecule has 21 heavy (non-hydrogen) atoms. The molecule has 1 aromatic carbocycles. The molecule has 0 atom stereocenters. The van der Waals surface area contributed by atoms with Crippen LogP contribution in [-0.4, -0.2) is 9.97 Å². The molecule has 2 N–H and O–H groups in total. The second-order valence-electron chi connectivity index (χ2n) is 5.51. The number of benzene rings is 1. The van der Waals surface area contributed by atoms with Crippen LogP contribution in [0.5, 0.6) is 0 Å². The molecule has 0 spiro atoms. The summed E-state index contributed by atoms with van der Waals surface area (Å²) in [5.74, 6) is 1.47. The summed E-state index contributed by atoms with van der Waals surface area (Å²) in [5, 5.41) is 0. The first-order valence-electron chi connectivity index (χ1n) is 7.78. The first-order chi connectivity index (χ1) is 10.1. The van der Waals surface area contributed by atoms with Crippen molar-refractivity contribution in [2.24, 2.45) is 0 Å². The van der Waals surface area contributed by atoms with E-state index in [4.69, 9.17) is 10.7 Å². The molecule has 0 aliphatic rings. The van der Waals surface area contributed by atoms with Crippen LogP contribution in [0, 0.1) is 6.92 Å². The van der Waals surface area contributed by atoms with E-state index < -0.39 is 0 Å². The highest BCUT2D eigenvalue weighted by Crippen LogP contribution is 2.37. The highest BCUT2D eigenvalue weighted by molar-refractivity contribution is 5.44. The van der Waals surface area contributed by atoms with Crippen LogP contribution in [0.2, 0.25) is 0 Å². The molecule has 1 heterocycles. The summed E-state index contributed by atoms with van der Waals surface area (Å²) in [5.41, 5.74) is 9.30. The fraction of sp³-hybridized carbons (Fsp3) is 0.444. The number of nitrogen functional groups attached to an aromatic ring is 1. The molecular formula is C18H25N3. The van der Waals surface area contributed by atoms with Crippen LogP contribution in [-0.2, 0) is 11.8 Å². The summed E-state index contributed by atoms with van der Waals surface area (Å²) < 4.78 is 0. The Morgan fingerprint density at radius 2 is 1.62 bits per heavy atom. The fourth-order valence-electron chi connectivity index (χ4n) is 3.00. The van der Waals surface area contributed by atoms with E-state index in [9.17, 15) is 0 Å². The Morgan fingerprint density at radius 3 is 2.14 bits per heavy atom. The van der Waals surface area contributed by atoms with Crippen molar-refractivity contribution in [1.82, 2.24) is 9.97 Å². The Morgan fingerprint density at radius 1 is 1.00 bits per heavy atom. The monoisotopic (exact) mass is 283 g/mol. The second kappa shape index (κ2) is 6.25. The lowest BCUT2D eigenvalue weighted by Crippen LogP contribution is -2.30. The van der Waals surface area contributed by atoms with Crippen LogP contribution in [0.25, 0.3) is 0 Å². The van der Waals surface area contributed by atoms with Gasteiger partial charge in [0.15, 0.2) is 0 Å². The predicted molar refractivity (Wildman–Crippen MR) is 88.4 cm³/mol. The van der Waals surface area contributed by atoms with Crippen LogP contribution >= 0.6 is 0 Å². The zero-order valence-electron chi connectivity index (χ0n) is 13.5. The molecule has 0 amide bonds. The third-order valence-electron chi connectivity index (χ3n) is 4.58. The Balaban J connectivity index is 2.66. The third-order valence-corrected chi connectivity index (χ3v) is 4.58. The van der Waals surface area contributed by atoms with Gasteiger partial charge in [0.05, 0.1) is 5.41 Å². The molecule has 1 aromatic heterocycles. The van der Waals surface area contributed by atoms with Gasteiger partial charge in [-0.2, -0.15) is 0 Å². The number of aromatic nitrogens is 2. The van der Waals surface area contributed by atoms with E-state index >= 15 is 0 Å². The number of rotatable bonds is 5. The van der Waals surface area contributed by atoms with Crippen LogP contribution in [0.4, 0.5) is 5.82 Å². The van der Waals surface area contributed by atoms with Crippen LogP contribution in [0.15, 0.2) is 30.3 Å². The second-order valence-corrected chi connectivity index (χ2v) is 5.51. The van der Waals surface area contributed by atoms with Gasteiger partial charge in [-0.3, -0.25) is 0 Å². The van der Waals surface area contributed by atoms with Gasteiger partial charge in [0.25, 0.3) is 0 Å². The van der Waals surface area contributed by atoms with Gasteiger partial charge in [-0.05, 0) is 31.7 Å². The number of nitrogens with two attached hydrogens (primary N) is 1. The molecule has 112 valence electrons. The molecule has 0 radical (unpaired) electrons. The summed E-state index contributed by atoms with van der Waals surface area (Å²) in [6, 6.07) is 10.5. The summed E-state index contributed by atoms with van der Waals surface area (Å²) >= 11 is 0. The van der Waals surface area contributed by atoms with Crippen molar-refractivity contribution in [1.29, 1.82) is 0 Å². The lowest BCUT2D eigenvalue weighted by Gasteiger charge is -2.31. The lowest BCUT2D eigenvalue weighted by molar-refractivity contribution is 0.447. The number of hydrogen-bond acceptors (Lipinski definition) is 3. The van der Waals surface area contributed by atoms with Crippen molar-refractivity contribution < 1.29 is 0 Å². The fourth-order valence-corrected chi connectivity index (χ4v) is 3.00. The predicted octanol–water partition coefficient (Wildman–Crippen LogP) is 4.04. The van der Waals surface area contributed by atoms with Crippen LogP contribution < -0.4 is 5.73 Å². The SMILES string of the molecule is CCc1nc(C(CC)(CC)c2ccccc2)nc(N)c1C. The number of hydrogen-bond donors (Lipinski definition) is 1. The molecule has 2 rings (SSSR count). The van der Waals surface area contributed by atoms with Crippen molar-refractivity contribution >= 4 is 5.82 Å². The Labute approximate surface area is 127 Å². The van der Waals surface area contributed by atoms with Gasteiger partial charge in [0.2, 0.25) is 0 Å². The minimum absolute atomic E-state index is 0.160. The number of anilines is 1. The van der Waals surface area contributed by atoms with Gasteiger partial charge < -0.3 is 5.73 Å². The molecule has 0 aliphatic heterocycles. The first-order valence-corrected chi connectivity index (χ1v) is 7.78. The molecule has 0 saturated carbocycles. The van der Waals surface area contributed by atoms with Crippen molar-refractivity contribution in [3.05, 3.63) is 53.0 Å². The molecular weight excluding hydrogens is 258 g/mol. The van der Waals surface area contributed by atoms with Crippen molar-refractivity contribution in [3.63, 3.8) is 0 Å². The molecule has 2 aromatic rings. The van der Waals surface area contributed by atoms with E-state index in [2.05, 4.69) is 50.0 Å². The molecule has 0 aliphatic carbocycles. The van der Waals surface area contributed by atoms with Crippen molar-refractivity contribution in [3.8, 4) is 0 Å². The highest BCUT2D eigenvalue weighted by Gasteiger charge is 2.34. The van der Waals surface area contributed by atoms with Crippen molar-refractivity contribution in [2.45, 2.75) is 52.4 Å². The van der Waals surface area contributed by atoms with E-state index in [1.165, 1.54) is 5.56 Å². The maximum absolute atomic E-state index is 6.13. The minimum atomic E-state index is -0.160. The lowest BCUT2D eigenvalue weighted by atomic mass is 9.75. The largest absolute Gasteiger partial charge is 0.383 e. The molecule has 0 bridgehead atoms. The van der Waals surface area contributed by atoms with E-state index in [0.717, 1.165) is 36.3 Å². The molecule has 0 fully saturated rings. The van der Waals surface area contributed by atoms with Gasteiger partial charge in [-0.1, -0.05) is 51.1 Å². The summed E-state index contributed by atoms with van der Waals surface area (Å²) in [4.78, 5) is 9.49. The van der Waals surface area contributed by atoms with Crippen LogP contribution in [0.1, 0.15) is 56.3 Å². The third kappa shape index (κ3) is 2.65. The van der Waals surface area contributed by atoms with Gasteiger partial charge in [0.1, 0.15) is 11.6 Å². The van der Waals surface area contributed by atoms with E-state index in [1.54, 1.807) is 0 Å². The maximum atomic E-state index is 6.13. The standard InChI is InChI=1S/C18H25N3/c1-5-15-13(4)16(19)21-17(20-15)18(6-2,7-3)14-11-9-8-10-12-14/h8-12H,5-7H2,1-4H3,(H2,19,20,21). The molecule has 3 nitrogen and oxygen atoms in total. The Bertz CT molecular complexity index is 601. The molecule has 0 unspecified atom stereocenters. The molecule has 0 saturated heterocycles. The Hall–Kier alpha value is -1.90. The topological polar surface area (TPSA) is 51.8 Å². The zero-order valence-corrected chi connectivity index (χ0v) is 13.5. The summed E-state index contributed by atoms with van der Waals surface area (Å²) in [7, 11) is 0. The van der Waals surface area contributed by atoms with Gasteiger partial charge in [-0.15, -0.1) is 0 Å². The zero-order chi connectivity index (χ0) is 15.5. The Kier molecular flexibility index (Phi) is 4.61. The van der Waals surface area contributed by atoms with Crippen molar-refractivity contribution in [2.75, 3.05) is 5.73 Å². The minimum Gasteiger partial charge on any atom is -0.383 e. The quantitative estimate of drug-likeness (QED) is 0.901. The van der Waals surface area contributed by atoms with E-state index in [-0.39, 0.29) is 5.41 Å². The average Bonchev–Trinajstić information content (AvgIpc) is 2.53. The smallest absolute Gasteiger partial charge is 0.141 e. The maximum Gasteiger partial charge on any atom is 0.141 e. The van der Waals surface area contributed by atoms with Gasteiger partial charge in [-0.25, -0.2) is 9.97 Å². The number of aryl methyl sites for hydroxylation is 1. The normalized spacial score (nSPS) is 11.6. The number of nitrogens with zero attached hydrogens (tertiary/aromatic N) is 2. The molecule has 3 heteroatoms. The highest BCUT2D eigenvalue weighted by atomic mass is 15.0. The van der Waals surface area contributed by atoms with Gasteiger partial charge >= 0.3 is 0 Å². The van der Waals surface area contributed by atoms with E-state index in [1.807, 2.05) is 13.0 Å². The average molecular weight is 283 g/mol. The van der Waals surface area contributed by atoms with E-state index in [0.29, 0.717) is 5.82 Å². The van der Waals surface area contributed by atoms with Crippen LogP contribution in [0.3, 0.4) is 0 Å². The summed E-state index contributed by atoms with van der Waals surface area (Å²) in [6.45, 7) is 8.50. The van der Waals surface area contributed by atoms with Gasteiger partial charge in [0, 0.05) is 11.3 Å².